The van der Waals surface area contributed by atoms with Crippen LogP contribution in [-0.4, -0.2) is 44.2 Å². The third-order valence-corrected chi connectivity index (χ3v) is 3.42. The van der Waals surface area contributed by atoms with Crippen molar-refractivity contribution in [3.63, 3.8) is 0 Å². The highest BCUT2D eigenvalue weighted by Crippen LogP contribution is 2.39. The molecule has 7 nitrogen and oxygen atoms in total. The predicted molar refractivity (Wildman–Crippen MR) is 73.2 cm³/mol. The number of aliphatic hydroxyl groups is 2. The minimum absolute atomic E-state index is 0.00417. The van der Waals surface area contributed by atoms with E-state index in [4.69, 9.17) is 10.5 Å². The first-order chi connectivity index (χ1) is 9.95. The molecule has 2 rings (SSSR count). The second kappa shape index (κ2) is 5.92. The smallest absolute Gasteiger partial charge is 0.351 e. The highest BCUT2D eigenvalue weighted by Gasteiger charge is 2.54. The lowest BCUT2D eigenvalue weighted by Crippen LogP contribution is -2.43. The van der Waals surface area contributed by atoms with Gasteiger partial charge < -0.3 is 20.7 Å². The number of aliphatic hydroxyl groups excluding tert-OH is 2. The lowest BCUT2D eigenvalue weighted by Gasteiger charge is -2.26. The zero-order valence-electron chi connectivity index (χ0n) is 11.5. The number of ether oxygens (including phenoxy) is 1. The Balaban J connectivity index is 2.39. The Hall–Kier alpha value is -1.77. The summed E-state index contributed by atoms with van der Waals surface area (Å²) in [6, 6.07) is 1.32. The van der Waals surface area contributed by atoms with Crippen LogP contribution < -0.4 is 11.4 Å². The first kappa shape index (κ1) is 15.6. The zero-order valence-corrected chi connectivity index (χ0v) is 11.5. The summed E-state index contributed by atoms with van der Waals surface area (Å²) in [6.07, 6.45) is 0.0725. The molecule has 0 bridgehead atoms. The molecule has 0 spiro atoms. The van der Waals surface area contributed by atoms with Crippen LogP contribution in [0.3, 0.4) is 0 Å². The van der Waals surface area contributed by atoms with E-state index in [0.29, 0.717) is 6.42 Å². The van der Waals surface area contributed by atoms with E-state index in [2.05, 4.69) is 4.98 Å². The summed E-state index contributed by atoms with van der Waals surface area (Å²) in [5.41, 5.74) is 3.00. The van der Waals surface area contributed by atoms with Gasteiger partial charge in [0.05, 0.1) is 6.61 Å². The molecule has 1 aliphatic heterocycles. The van der Waals surface area contributed by atoms with Gasteiger partial charge in [-0.05, 0) is 12.5 Å². The van der Waals surface area contributed by atoms with Crippen molar-refractivity contribution in [1.29, 1.82) is 0 Å². The second-order valence-electron chi connectivity index (χ2n) is 4.86. The van der Waals surface area contributed by atoms with Crippen molar-refractivity contribution in [1.82, 2.24) is 9.55 Å². The van der Waals surface area contributed by atoms with Crippen molar-refractivity contribution in [2.75, 3.05) is 12.3 Å². The fourth-order valence-electron chi connectivity index (χ4n) is 2.25. The number of rotatable bonds is 4. The molecule has 4 atom stereocenters. The van der Waals surface area contributed by atoms with Crippen LogP contribution in [0.25, 0.3) is 0 Å². The third-order valence-electron chi connectivity index (χ3n) is 3.42. The van der Waals surface area contributed by atoms with Gasteiger partial charge in [-0.15, -0.1) is 0 Å². The Kier molecular flexibility index (Phi) is 4.40. The van der Waals surface area contributed by atoms with E-state index in [1.165, 1.54) is 18.3 Å². The maximum absolute atomic E-state index is 14.3. The maximum Gasteiger partial charge on any atom is 0.351 e. The molecule has 8 heteroatoms. The molecule has 0 aromatic carbocycles. The fourth-order valence-corrected chi connectivity index (χ4v) is 2.25. The first-order valence-corrected chi connectivity index (χ1v) is 6.58. The molecule has 1 aliphatic rings. The Morgan fingerprint density at radius 3 is 2.95 bits per heavy atom. The number of aromatic nitrogens is 2. The Morgan fingerprint density at radius 2 is 2.38 bits per heavy atom. The van der Waals surface area contributed by atoms with Gasteiger partial charge in [0.1, 0.15) is 17.5 Å². The molecule has 0 radical (unpaired) electrons. The number of nitrogens with two attached hydrogens (primary N) is 1. The van der Waals surface area contributed by atoms with Gasteiger partial charge in [-0.2, -0.15) is 4.98 Å². The number of nitrogen functional groups attached to an aromatic ring is 1. The average molecular weight is 299 g/mol. The number of nitrogens with zero attached hydrogens (tertiary/aromatic N) is 2. The molecular weight excluding hydrogens is 281 g/mol. The minimum atomic E-state index is -1.89. The highest BCUT2D eigenvalue weighted by atomic mass is 19.1. The second-order valence-corrected chi connectivity index (χ2v) is 4.86. The van der Waals surface area contributed by atoms with E-state index >= 15 is 0 Å². The van der Waals surface area contributed by atoms with Gasteiger partial charge in [-0.25, -0.2) is 9.18 Å². The molecule has 1 aromatic heterocycles. The molecule has 0 unspecified atom stereocenters. The van der Waals surface area contributed by atoms with E-state index in [1.54, 1.807) is 6.08 Å². The Bertz CT molecular complexity index is 591. The van der Waals surface area contributed by atoms with Crippen LogP contribution in [0.5, 0.6) is 0 Å². The van der Waals surface area contributed by atoms with Gasteiger partial charge >= 0.3 is 5.69 Å². The largest absolute Gasteiger partial charge is 0.393 e. The van der Waals surface area contributed by atoms with Crippen LogP contribution in [-0.2, 0) is 4.74 Å². The molecule has 0 aliphatic carbocycles. The van der Waals surface area contributed by atoms with Crippen LogP contribution in [0, 0.1) is 0 Å². The number of hydrogen-bond donors (Lipinski definition) is 3. The van der Waals surface area contributed by atoms with Gasteiger partial charge in [-0.1, -0.05) is 19.1 Å². The maximum atomic E-state index is 14.3. The number of alkyl halides is 1. The van der Waals surface area contributed by atoms with Crippen molar-refractivity contribution in [2.24, 2.45) is 0 Å². The van der Waals surface area contributed by atoms with E-state index < -0.39 is 36.4 Å². The summed E-state index contributed by atoms with van der Waals surface area (Å²) in [7, 11) is 0. The Morgan fingerprint density at radius 1 is 1.67 bits per heavy atom. The van der Waals surface area contributed by atoms with Crippen molar-refractivity contribution in [3.8, 4) is 0 Å². The summed E-state index contributed by atoms with van der Waals surface area (Å²) in [5.74, 6) is 0.00417. The van der Waals surface area contributed by atoms with Crippen molar-refractivity contribution in [3.05, 3.63) is 34.9 Å². The molecule has 1 fully saturated rings. The highest BCUT2D eigenvalue weighted by molar-refractivity contribution is 5.24. The van der Waals surface area contributed by atoms with Crippen LogP contribution in [0.2, 0.25) is 0 Å². The van der Waals surface area contributed by atoms with Gasteiger partial charge in [0, 0.05) is 6.20 Å². The normalized spacial score (nSPS) is 32.9. The fraction of sp³-hybridized carbons (Fsp3) is 0.538. The number of hydrogen-bond acceptors (Lipinski definition) is 6. The van der Waals surface area contributed by atoms with Crippen molar-refractivity contribution < 1.29 is 19.3 Å². The van der Waals surface area contributed by atoms with Gasteiger partial charge in [0.25, 0.3) is 0 Å². The standard InChI is InChI=1S/C13H18FN3O4/c1-2-3-5-13(7-18)10(19)9(14)11(21-13)17-6-4-8(15)16-12(17)20/h3-6,9-11,18-19H,2,7H2,1H3,(H2,15,16,20)/b5-3+/t9-,10+,11-,13-/m1/s1. The predicted octanol–water partition coefficient (Wildman–Crippen LogP) is -0.249. The monoisotopic (exact) mass is 299 g/mol. The zero-order chi connectivity index (χ0) is 15.6. The van der Waals surface area contributed by atoms with Crippen molar-refractivity contribution in [2.45, 2.75) is 37.4 Å². The van der Waals surface area contributed by atoms with Gasteiger partial charge in [0.15, 0.2) is 12.4 Å². The number of halogens is 1. The van der Waals surface area contributed by atoms with E-state index in [-0.39, 0.29) is 5.82 Å². The quantitative estimate of drug-likeness (QED) is 0.661. The molecule has 116 valence electrons. The molecule has 0 amide bonds. The molecule has 1 saturated heterocycles. The minimum Gasteiger partial charge on any atom is -0.393 e. The summed E-state index contributed by atoms with van der Waals surface area (Å²) < 4.78 is 20.7. The summed E-state index contributed by atoms with van der Waals surface area (Å²) in [6.45, 7) is 1.24. The SMILES string of the molecule is CC/C=C/[C@]1(CO)O[C@@H](n2ccc(N)nc2=O)[C@H](F)[C@@H]1O. The molecule has 21 heavy (non-hydrogen) atoms. The summed E-state index contributed by atoms with van der Waals surface area (Å²) in [4.78, 5) is 15.2. The Labute approximate surface area is 120 Å². The van der Waals surface area contributed by atoms with Gasteiger partial charge in [-0.3, -0.25) is 4.57 Å². The molecule has 0 saturated carbocycles. The lowest BCUT2D eigenvalue weighted by molar-refractivity contribution is -0.0985. The van der Waals surface area contributed by atoms with Crippen LogP contribution >= 0.6 is 0 Å². The van der Waals surface area contributed by atoms with E-state index in [1.807, 2.05) is 6.92 Å². The van der Waals surface area contributed by atoms with Crippen molar-refractivity contribution >= 4 is 5.82 Å². The topological polar surface area (TPSA) is 111 Å². The number of allylic oxidation sites excluding steroid dienone is 1. The number of anilines is 1. The van der Waals surface area contributed by atoms with Crippen LogP contribution in [0.15, 0.2) is 29.2 Å². The van der Waals surface area contributed by atoms with E-state index in [0.717, 1.165) is 4.57 Å². The third kappa shape index (κ3) is 2.69. The van der Waals surface area contributed by atoms with E-state index in [9.17, 15) is 19.4 Å². The summed E-state index contributed by atoms with van der Waals surface area (Å²) >= 11 is 0. The van der Waals surface area contributed by atoms with Crippen LogP contribution in [0.4, 0.5) is 10.2 Å². The lowest BCUT2D eigenvalue weighted by atomic mass is 9.96. The first-order valence-electron chi connectivity index (χ1n) is 6.58. The molecule has 2 heterocycles. The molecular formula is C13H18FN3O4. The van der Waals surface area contributed by atoms with Crippen LogP contribution in [0.1, 0.15) is 19.6 Å². The summed E-state index contributed by atoms with van der Waals surface area (Å²) in [5, 5.41) is 19.5. The molecule has 4 N–H and O–H groups in total. The van der Waals surface area contributed by atoms with Gasteiger partial charge in [0.2, 0.25) is 0 Å². The average Bonchev–Trinajstić information content (AvgIpc) is 2.71. The molecule has 1 aromatic rings.